The summed E-state index contributed by atoms with van der Waals surface area (Å²) in [5.41, 5.74) is 1.83. The van der Waals surface area contributed by atoms with E-state index < -0.39 is 27.2 Å². The molecule has 0 fully saturated rings. The van der Waals surface area contributed by atoms with E-state index in [2.05, 4.69) is 31.0 Å². The van der Waals surface area contributed by atoms with Crippen molar-refractivity contribution in [2.45, 2.75) is 25.2 Å². The number of anilines is 1. The predicted octanol–water partition coefficient (Wildman–Crippen LogP) is 3.29. The van der Waals surface area contributed by atoms with Crippen molar-refractivity contribution < 1.29 is 53.8 Å². The Hall–Kier alpha value is -2.85. The SMILES string of the molecule is COc1ccc[c-]c1-n1c(NS(=O)(=O)[C@H](C)[C@H](O)c2ccc(F)cn2)nnc1-c1cncc(C)c1.[CH3-].[U+2]. The van der Waals surface area contributed by atoms with Gasteiger partial charge in [-0.3, -0.25) is 19.3 Å². The van der Waals surface area contributed by atoms with Crippen molar-refractivity contribution in [3.63, 3.8) is 0 Å². The summed E-state index contributed by atoms with van der Waals surface area (Å²) in [6, 6.07) is 12.2. The fourth-order valence-corrected chi connectivity index (χ4v) is 4.42. The van der Waals surface area contributed by atoms with Crippen molar-refractivity contribution in [3.05, 3.63) is 85.6 Å². The van der Waals surface area contributed by atoms with Gasteiger partial charge in [0.15, 0.2) is 5.82 Å². The first kappa shape index (κ1) is 30.4. The molecule has 4 aromatic rings. The zero-order valence-electron chi connectivity index (χ0n) is 20.5. The number of para-hydroxylation sites is 1. The molecular formula is C24H25FN6O4SU. The van der Waals surface area contributed by atoms with Gasteiger partial charge in [-0.2, -0.15) is 18.2 Å². The molecule has 10 nitrogen and oxygen atoms in total. The number of pyridine rings is 2. The second-order valence-corrected chi connectivity index (χ2v) is 9.76. The molecule has 0 aliphatic carbocycles. The van der Waals surface area contributed by atoms with Gasteiger partial charge in [0.2, 0.25) is 16.0 Å². The van der Waals surface area contributed by atoms with Crippen LogP contribution in [0.4, 0.5) is 10.3 Å². The zero-order chi connectivity index (χ0) is 25.2. The number of aryl methyl sites for hydroxylation is 1. The average molecular weight is 751 g/mol. The molecule has 0 unspecified atom stereocenters. The van der Waals surface area contributed by atoms with Gasteiger partial charge in [-0.05, 0) is 43.3 Å². The first-order valence-electron chi connectivity index (χ1n) is 10.4. The number of nitrogens with one attached hydrogen (secondary N) is 1. The first-order valence-corrected chi connectivity index (χ1v) is 12.0. The van der Waals surface area contributed by atoms with Crippen LogP contribution in [-0.2, 0) is 10.0 Å². The van der Waals surface area contributed by atoms with E-state index in [-0.39, 0.29) is 50.2 Å². The van der Waals surface area contributed by atoms with Crippen LogP contribution < -0.4 is 9.46 Å². The van der Waals surface area contributed by atoms with Gasteiger partial charge in [-0.15, -0.1) is 16.3 Å². The molecule has 0 spiro atoms. The second-order valence-electron chi connectivity index (χ2n) is 7.72. The summed E-state index contributed by atoms with van der Waals surface area (Å²) in [7, 11) is -2.75. The van der Waals surface area contributed by atoms with Crippen LogP contribution in [0.2, 0.25) is 0 Å². The molecule has 0 aliphatic heterocycles. The molecule has 0 saturated carbocycles. The molecule has 3 heterocycles. The Bertz CT molecular complexity index is 1450. The molecule has 192 valence electrons. The van der Waals surface area contributed by atoms with Gasteiger partial charge in [0.25, 0.3) is 0 Å². The smallest absolute Gasteiger partial charge is 0.552 e. The quantitative estimate of drug-likeness (QED) is 0.263. The van der Waals surface area contributed by atoms with Gasteiger partial charge in [-0.1, -0.05) is 0 Å². The van der Waals surface area contributed by atoms with Crippen LogP contribution in [0.3, 0.4) is 0 Å². The molecule has 3 aromatic heterocycles. The molecule has 37 heavy (non-hydrogen) atoms. The van der Waals surface area contributed by atoms with Gasteiger partial charge < -0.3 is 17.3 Å². The molecule has 2 N–H and O–H groups in total. The van der Waals surface area contributed by atoms with Crippen LogP contribution in [-0.4, -0.2) is 50.6 Å². The summed E-state index contributed by atoms with van der Waals surface area (Å²) in [5.74, 6) is -0.0476. The first-order chi connectivity index (χ1) is 16.7. The number of aliphatic hydroxyl groups is 1. The molecule has 2 atom stereocenters. The minimum Gasteiger partial charge on any atom is -0.552 e. The van der Waals surface area contributed by atoms with Gasteiger partial charge in [0, 0.05) is 23.7 Å². The van der Waals surface area contributed by atoms with E-state index in [1.165, 1.54) is 24.7 Å². The molecule has 13 heteroatoms. The van der Waals surface area contributed by atoms with Gasteiger partial charge in [0.1, 0.15) is 17.2 Å². The fraction of sp³-hybridized carbons (Fsp3) is 0.208. The molecule has 0 radical (unpaired) electrons. The average Bonchev–Trinajstić information content (AvgIpc) is 3.26. The van der Waals surface area contributed by atoms with Crippen molar-refractivity contribution in [2.75, 3.05) is 11.8 Å². The number of aromatic nitrogens is 5. The number of ether oxygens (including phenoxy) is 1. The summed E-state index contributed by atoms with van der Waals surface area (Å²) in [6.45, 7) is 3.17. The minimum atomic E-state index is -4.23. The Morgan fingerprint density at radius 1 is 1.19 bits per heavy atom. The molecule has 0 amide bonds. The van der Waals surface area contributed by atoms with Crippen molar-refractivity contribution >= 4 is 16.0 Å². The number of nitrogens with zero attached hydrogens (tertiary/aromatic N) is 5. The van der Waals surface area contributed by atoms with Crippen LogP contribution in [0.1, 0.15) is 24.3 Å². The summed E-state index contributed by atoms with van der Waals surface area (Å²) in [6.07, 6.45) is 2.63. The summed E-state index contributed by atoms with van der Waals surface area (Å²) in [5, 5.41) is 17.5. The van der Waals surface area contributed by atoms with Crippen LogP contribution in [0.5, 0.6) is 5.75 Å². The van der Waals surface area contributed by atoms with E-state index in [1.807, 2.05) is 13.0 Å². The van der Waals surface area contributed by atoms with E-state index in [4.69, 9.17) is 4.74 Å². The molecule has 0 bridgehead atoms. The van der Waals surface area contributed by atoms with Crippen LogP contribution >= 0.6 is 0 Å². The number of benzene rings is 1. The summed E-state index contributed by atoms with van der Waals surface area (Å²) < 4.78 is 48.9. The Labute approximate surface area is 238 Å². The van der Waals surface area contributed by atoms with Crippen molar-refractivity contribution in [1.82, 2.24) is 24.7 Å². The Balaban J connectivity index is 0.00000241. The largest absolute Gasteiger partial charge is 2.00 e. The fourth-order valence-electron chi connectivity index (χ4n) is 3.37. The third-order valence-electron chi connectivity index (χ3n) is 5.26. The van der Waals surface area contributed by atoms with Crippen LogP contribution in [0.25, 0.3) is 17.1 Å². The van der Waals surface area contributed by atoms with E-state index in [1.54, 1.807) is 30.6 Å². The van der Waals surface area contributed by atoms with Crippen molar-refractivity contribution in [1.29, 1.82) is 0 Å². The second kappa shape index (κ2) is 12.6. The Morgan fingerprint density at radius 3 is 2.59 bits per heavy atom. The summed E-state index contributed by atoms with van der Waals surface area (Å²) >= 11 is 0. The standard InChI is InChI=1S/C23H22FN6O4S.CH3.U/c1-14-10-16(12-25-11-14)22-27-28-23(30(22)19-6-4-5-7-20(19)34-3)29-35(32,33)15(2)21(31)18-9-8-17(24)13-26-18;;/h4-5,7-13,15,21,31H,1-3H3,(H,28,29);1H3;/q2*-1;+2/t15-,21+;;/m1../s1. The Morgan fingerprint density at radius 2 is 1.95 bits per heavy atom. The van der Waals surface area contributed by atoms with E-state index in [9.17, 15) is 17.9 Å². The number of hydrogen-bond acceptors (Lipinski definition) is 8. The number of rotatable bonds is 8. The topological polar surface area (TPSA) is 132 Å². The third kappa shape index (κ3) is 6.54. The minimum absolute atomic E-state index is 0. The maximum absolute atomic E-state index is 13.2. The molecular weight excluding hydrogens is 725 g/mol. The van der Waals surface area contributed by atoms with Crippen molar-refractivity contribution in [3.8, 4) is 22.8 Å². The normalized spacial score (nSPS) is 12.6. The van der Waals surface area contributed by atoms with Gasteiger partial charge in [-0.25, -0.2) is 12.8 Å². The van der Waals surface area contributed by atoms with Crippen molar-refractivity contribution in [2.24, 2.45) is 0 Å². The monoisotopic (exact) mass is 750 g/mol. The van der Waals surface area contributed by atoms with Gasteiger partial charge in [0.05, 0.1) is 19.0 Å². The van der Waals surface area contributed by atoms with E-state index in [0.29, 0.717) is 22.8 Å². The molecule has 4 rings (SSSR count). The van der Waals surface area contributed by atoms with E-state index in [0.717, 1.165) is 17.8 Å². The van der Waals surface area contributed by atoms with Gasteiger partial charge >= 0.3 is 31.1 Å². The third-order valence-corrected chi connectivity index (χ3v) is 6.96. The number of aliphatic hydroxyl groups excluding tert-OH is 1. The molecule has 0 saturated heterocycles. The zero-order valence-corrected chi connectivity index (χ0v) is 25.5. The summed E-state index contributed by atoms with van der Waals surface area (Å²) in [4.78, 5) is 7.97. The predicted molar refractivity (Wildman–Crippen MR) is 132 cm³/mol. The van der Waals surface area contributed by atoms with Crippen LogP contribution in [0.15, 0.2) is 55.0 Å². The number of halogens is 1. The number of sulfonamides is 1. The number of hydrogen-bond donors (Lipinski definition) is 2. The van der Waals surface area contributed by atoms with Crippen LogP contribution in [0, 0.1) is 57.3 Å². The Kier molecular flexibility index (Phi) is 10.3. The van der Waals surface area contributed by atoms with E-state index >= 15 is 0 Å². The molecule has 0 aliphatic rings. The molecule has 1 aromatic carbocycles. The number of methoxy groups -OCH3 is 1. The maximum atomic E-state index is 13.2. The maximum Gasteiger partial charge on any atom is 2.00 e.